The summed E-state index contributed by atoms with van der Waals surface area (Å²) in [4.78, 5) is 26.6. The van der Waals surface area contributed by atoms with Gasteiger partial charge >= 0.3 is 0 Å². The predicted molar refractivity (Wildman–Crippen MR) is 95.8 cm³/mol. The molecule has 0 atom stereocenters. The van der Waals surface area contributed by atoms with Crippen LogP contribution >= 0.6 is 0 Å². The van der Waals surface area contributed by atoms with Crippen molar-refractivity contribution in [3.63, 3.8) is 0 Å². The number of carbonyl (C=O) groups is 2. The topological polar surface area (TPSA) is 69.6 Å². The van der Waals surface area contributed by atoms with Gasteiger partial charge in [0.2, 0.25) is 11.8 Å². The molecular formula is C20H20N2O3. The minimum atomic E-state index is -0.272. The van der Waals surface area contributed by atoms with Crippen LogP contribution in [0, 0.1) is 0 Å². The molecule has 2 aromatic rings. The number of rotatable bonds is 2. The maximum atomic E-state index is 12.8. The van der Waals surface area contributed by atoms with Crippen LogP contribution in [0.2, 0.25) is 0 Å². The molecule has 0 unspecified atom stereocenters. The maximum absolute atomic E-state index is 12.8. The number of nitrogens with one attached hydrogen (secondary N) is 1. The Morgan fingerprint density at radius 1 is 1.08 bits per heavy atom. The largest absolute Gasteiger partial charge is 0.392 e. The molecule has 5 nitrogen and oxygen atoms in total. The fourth-order valence-corrected chi connectivity index (χ4v) is 3.75. The van der Waals surface area contributed by atoms with Crippen LogP contribution < -0.4 is 10.2 Å². The number of amides is 2. The zero-order valence-corrected chi connectivity index (χ0v) is 13.9. The van der Waals surface area contributed by atoms with E-state index in [2.05, 4.69) is 11.4 Å². The molecule has 5 heteroatoms. The van der Waals surface area contributed by atoms with Crippen LogP contribution in [0.15, 0.2) is 36.4 Å². The second kappa shape index (κ2) is 6.33. The first kappa shape index (κ1) is 15.8. The van der Waals surface area contributed by atoms with Crippen molar-refractivity contribution in [1.29, 1.82) is 0 Å². The molecule has 1 aliphatic carbocycles. The van der Waals surface area contributed by atoms with E-state index in [1.54, 1.807) is 11.0 Å². The highest BCUT2D eigenvalue weighted by molar-refractivity contribution is 6.17. The third-order valence-electron chi connectivity index (χ3n) is 4.93. The molecule has 0 saturated carbocycles. The Labute approximate surface area is 146 Å². The number of hydrogen-bond acceptors (Lipinski definition) is 3. The Bertz CT molecular complexity index is 860. The van der Waals surface area contributed by atoms with E-state index in [1.165, 1.54) is 5.56 Å². The number of aliphatic hydroxyl groups excluding tert-OH is 1. The zero-order valence-electron chi connectivity index (χ0n) is 13.9. The van der Waals surface area contributed by atoms with Gasteiger partial charge in [-0.05, 0) is 60.6 Å². The molecule has 0 fully saturated rings. The molecule has 0 aromatic heterocycles. The summed E-state index contributed by atoms with van der Waals surface area (Å²) in [5.74, 6) is -0.534. The van der Waals surface area contributed by atoms with Crippen molar-refractivity contribution in [1.82, 2.24) is 0 Å². The second-order valence-electron chi connectivity index (χ2n) is 6.59. The maximum Gasteiger partial charge on any atom is 0.241 e. The van der Waals surface area contributed by atoms with Gasteiger partial charge in [-0.2, -0.15) is 0 Å². The van der Waals surface area contributed by atoms with Crippen LogP contribution in [-0.4, -0.2) is 16.9 Å². The lowest BCUT2D eigenvalue weighted by Crippen LogP contribution is -2.26. The molecule has 1 aliphatic heterocycles. The van der Waals surface area contributed by atoms with Gasteiger partial charge in [-0.1, -0.05) is 18.2 Å². The number of aryl methyl sites for hydroxylation is 1. The molecule has 0 spiro atoms. The van der Waals surface area contributed by atoms with E-state index in [-0.39, 0.29) is 24.8 Å². The lowest BCUT2D eigenvalue weighted by molar-refractivity contribution is -0.124. The molecule has 25 heavy (non-hydrogen) atoms. The standard InChI is InChI=1S/C20H20N2O3/c23-12-13-4-3-6-15(10-13)22-17-9-8-14-5-1-2-7-16(14)20(17)21-18(24)11-19(22)25/h3-4,6,8-10,23H,1-2,5,7,11-12H2,(H,21,24). The molecule has 0 bridgehead atoms. The van der Waals surface area contributed by atoms with Gasteiger partial charge in [0.1, 0.15) is 6.42 Å². The molecule has 0 saturated heterocycles. The fraction of sp³-hybridized carbons (Fsp3) is 0.300. The lowest BCUT2D eigenvalue weighted by Gasteiger charge is -2.27. The van der Waals surface area contributed by atoms with Gasteiger partial charge in [-0.15, -0.1) is 0 Å². The van der Waals surface area contributed by atoms with Crippen molar-refractivity contribution in [2.24, 2.45) is 0 Å². The first-order valence-electron chi connectivity index (χ1n) is 8.65. The first-order chi connectivity index (χ1) is 12.2. The number of anilines is 3. The number of aliphatic hydroxyl groups is 1. The molecule has 1 heterocycles. The van der Waals surface area contributed by atoms with E-state index in [1.807, 2.05) is 24.3 Å². The molecule has 2 amide bonds. The highest BCUT2D eigenvalue weighted by atomic mass is 16.3. The highest BCUT2D eigenvalue weighted by Gasteiger charge is 2.30. The van der Waals surface area contributed by atoms with E-state index >= 15 is 0 Å². The van der Waals surface area contributed by atoms with Gasteiger partial charge < -0.3 is 10.4 Å². The lowest BCUT2D eigenvalue weighted by atomic mass is 9.89. The van der Waals surface area contributed by atoms with E-state index < -0.39 is 0 Å². The van der Waals surface area contributed by atoms with Crippen LogP contribution in [0.4, 0.5) is 17.1 Å². The summed E-state index contributed by atoms with van der Waals surface area (Å²) in [7, 11) is 0. The Morgan fingerprint density at radius 2 is 1.92 bits per heavy atom. The number of hydrogen-bond donors (Lipinski definition) is 2. The summed E-state index contributed by atoms with van der Waals surface area (Å²) in [6, 6.07) is 11.2. The van der Waals surface area contributed by atoms with Gasteiger partial charge in [-0.25, -0.2) is 0 Å². The molecule has 0 radical (unpaired) electrons. The molecule has 128 valence electrons. The highest BCUT2D eigenvalue weighted by Crippen LogP contribution is 2.41. The monoisotopic (exact) mass is 336 g/mol. The minimum absolute atomic E-state index is 0.0932. The number of carbonyl (C=O) groups excluding carboxylic acids is 2. The average Bonchev–Trinajstić information content (AvgIpc) is 2.76. The summed E-state index contributed by atoms with van der Waals surface area (Å²) in [5, 5.41) is 12.4. The molecule has 2 aromatic carbocycles. The third-order valence-corrected chi connectivity index (χ3v) is 4.93. The first-order valence-corrected chi connectivity index (χ1v) is 8.65. The van der Waals surface area contributed by atoms with E-state index in [9.17, 15) is 14.7 Å². The SMILES string of the molecule is O=C1CC(=O)N(c2cccc(CO)c2)c2ccc3c(c2N1)CCCC3. The van der Waals surface area contributed by atoms with Gasteiger partial charge in [0.15, 0.2) is 0 Å². The van der Waals surface area contributed by atoms with E-state index in [0.717, 1.165) is 42.5 Å². The second-order valence-corrected chi connectivity index (χ2v) is 6.59. The van der Waals surface area contributed by atoms with Crippen molar-refractivity contribution in [3.8, 4) is 0 Å². The fourth-order valence-electron chi connectivity index (χ4n) is 3.75. The molecular weight excluding hydrogens is 316 g/mol. The summed E-state index contributed by atoms with van der Waals surface area (Å²) < 4.78 is 0. The van der Waals surface area contributed by atoms with Crippen molar-refractivity contribution in [2.45, 2.75) is 38.7 Å². The summed E-state index contributed by atoms with van der Waals surface area (Å²) in [6.07, 6.45) is 3.98. The summed E-state index contributed by atoms with van der Waals surface area (Å²) >= 11 is 0. The normalized spacial score (nSPS) is 16.8. The van der Waals surface area contributed by atoms with Crippen LogP contribution in [0.5, 0.6) is 0 Å². The quantitative estimate of drug-likeness (QED) is 0.828. The molecule has 2 N–H and O–H groups in total. The van der Waals surface area contributed by atoms with Crippen LogP contribution in [0.25, 0.3) is 0 Å². The smallest absolute Gasteiger partial charge is 0.241 e. The summed E-state index contributed by atoms with van der Waals surface area (Å²) in [6.45, 7) is -0.0932. The van der Waals surface area contributed by atoms with Crippen LogP contribution in [0.3, 0.4) is 0 Å². The van der Waals surface area contributed by atoms with Crippen molar-refractivity contribution < 1.29 is 14.7 Å². The van der Waals surface area contributed by atoms with Crippen molar-refractivity contribution >= 4 is 28.9 Å². The number of fused-ring (bicyclic) bond motifs is 3. The van der Waals surface area contributed by atoms with E-state index in [0.29, 0.717) is 11.4 Å². The molecule has 2 aliphatic rings. The Morgan fingerprint density at radius 3 is 2.76 bits per heavy atom. The molecule has 4 rings (SSSR count). The van der Waals surface area contributed by atoms with Gasteiger partial charge in [0.25, 0.3) is 0 Å². The Hall–Kier alpha value is -2.66. The zero-order chi connectivity index (χ0) is 17.4. The van der Waals surface area contributed by atoms with Crippen molar-refractivity contribution in [3.05, 3.63) is 53.1 Å². The van der Waals surface area contributed by atoms with Gasteiger partial charge in [0, 0.05) is 5.69 Å². The van der Waals surface area contributed by atoms with Crippen molar-refractivity contribution in [2.75, 3.05) is 10.2 Å². The van der Waals surface area contributed by atoms with Gasteiger partial charge in [0.05, 0.1) is 18.0 Å². The number of nitrogens with zero attached hydrogens (tertiary/aromatic N) is 1. The predicted octanol–water partition coefficient (Wildman–Crippen LogP) is 3.06. The minimum Gasteiger partial charge on any atom is -0.392 e. The van der Waals surface area contributed by atoms with Crippen LogP contribution in [-0.2, 0) is 29.0 Å². The Kier molecular flexibility index (Phi) is 4.01. The number of benzene rings is 2. The Balaban J connectivity index is 1.90. The third kappa shape index (κ3) is 2.81. The van der Waals surface area contributed by atoms with Gasteiger partial charge in [-0.3, -0.25) is 14.5 Å². The van der Waals surface area contributed by atoms with E-state index in [4.69, 9.17) is 0 Å². The average molecular weight is 336 g/mol. The van der Waals surface area contributed by atoms with Crippen LogP contribution in [0.1, 0.15) is 36.0 Å². The summed E-state index contributed by atoms with van der Waals surface area (Å²) in [5.41, 5.74) is 5.28.